The summed E-state index contributed by atoms with van der Waals surface area (Å²) in [7, 11) is -1.69. The number of aliphatic hydroxyl groups is 1. The van der Waals surface area contributed by atoms with Crippen molar-refractivity contribution in [2.75, 3.05) is 39.6 Å². The molecule has 49 heavy (non-hydrogen) atoms. The van der Waals surface area contributed by atoms with Crippen molar-refractivity contribution in [3.05, 3.63) is 52.1 Å². The van der Waals surface area contributed by atoms with Crippen molar-refractivity contribution in [3.8, 4) is 0 Å². The lowest BCUT2D eigenvalue weighted by Crippen LogP contribution is -2.45. The lowest BCUT2D eigenvalue weighted by molar-refractivity contribution is -0.150. The van der Waals surface area contributed by atoms with E-state index in [-0.39, 0.29) is 42.2 Å². The number of phosphoric acid groups is 1. The number of aromatic amines is 1. The Morgan fingerprint density at radius 2 is 1.80 bits per heavy atom. The van der Waals surface area contributed by atoms with Crippen LogP contribution < -0.4 is 11.3 Å². The van der Waals surface area contributed by atoms with E-state index in [0.717, 1.165) is 11.1 Å². The van der Waals surface area contributed by atoms with Crippen LogP contribution in [-0.4, -0.2) is 116 Å². The normalized spacial score (nSPS) is 29.0. The number of aromatic nitrogens is 4. The number of rotatable bonds is 14. The zero-order chi connectivity index (χ0) is 35.0. The highest BCUT2D eigenvalue weighted by Crippen LogP contribution is 2.49. The molecule has 9 atom stereocenters. The molecule has 3 saturated heterocycles. The summed E-state index contributed by atoms with van der Waals surface area (Å²) in [6.07, 6.45) is -1.73. The number of aliphatic hydroxyl groups excluding tert-OH is 1. The number of carboxylic acid groups (broad SMARTS) is 1. The maximum Gasteiger partial charge on any atom is 0.472 e. The minimum atomic E-state index is -4.68. The van der Waals surface area contributed by atoms with Crippen molar-refractivity contribution in [1.82, 2.24) is 24.4 Å². The molecule has 0 saturated carbocycles. The van der Waals surface area contributed by atoms with E-state index >= 15 is 0 Å². The number of carbonyl (C=O) groups excluding carboxylic acids is 1. The molecule has 3 fully saturated rings. The van der Waals surface area contributed by atoms with E-state index in [1.165, 1.54) is 18.0 Å². The summed E-state index contributed by atoms with van der Waals surface area (Å²) in [5, 5.41) is 19.6. The average Bonchev–Trinajstić information content (AvgIpc) is 3.86. The van der Waals surface area contributed by atoms with Crippen molar-refractivity contribution in [2.24, 2.45) is 11.8 Å². The first-order valence-corrected chi connectivity index (χ1v) is 17.3. The zero-order valence-corrected chi connectivity index (χ0v) is 27.7. The van der Waals surface area contributed by atoms with E-state index < -0.39 is 68.4 Å². The quantitative estimate of drug-likeness (QED) is 0.141. The van der Waals surface area contributed by atoms with Crippen LogP contribution in [0.1, 0.15) is 30.2 Å². The molecule has 2 aromatic heterocycles. The number of carboxylic acids is 1. The number of nitrogens with two attached hydrogens (primary N) is 1. The van der Waals surface area contributed by atoms with Crippen molar-refractivity contribution < 1.29 is 52.5 Å². The smallest absolute Gasteiger partial charge is 0.472 e. The maximum atomic E-state index is 13.1. The Morgan fingerprint density at radius 3 is 2.45 bits per heavy atom. The van der Waals surface area contributed by atoms with Gasteiger partial charge in [0, 0.05) is 20.7 Å². The van der Waals surface area contributed by atoms with E-state index in [9.17, 15) is 34.1 Å². The fourth-order valence-electron chi connectivity index (χ4n) is 6.89. The Bertz CT molecular complexity index is 1780. The summed E-state index contributed by atoms with van der Waals surface area (Å²) in [5.74, 6) is -2.86. The molecule has 3 aromatic rings. The number of fused-ring (bicyclic) bond motifs is 3. The first-order valence-electron chi connectivity index (χ1n) is 15.8. The number of likely N-dealkylation sites (N-methyl/N-ethyl adjacent to an activating group) is 1. The number of aliphatic carboxylic acids is 1. The van der Waals surface area contributed by atoms with Gasteiger partial charge in [0.25, 0.3) is 5.56 Å². The van der Waals surface area contributed by atoms with E-state index in [0.29, 0.717) is 25.8 Å². The van der Waals surface area contributed by atoms with Gasteiger partial charge in [-0.1, -0.05) is 24.3 Å². The highest BCUT2D eigenvalue weighted by atomic mass is 31.2. The molecule has 19 heteroatoms. The average molecular weight is 707 g/mol. The van der Waals surface area contributed by atoms with Crippen LogP contribution in [0.4, 0.5) is 5.95 Å². The van der Waals surface area contributed by atoms with Crippen molar-refractivity contribution >= 4 is 36.8 Å². The molecule has 2 bridgehead atoms. The Labute approximate surface area is 279 Å². The van der Waals surface area contributed by atoms with Crippen LogP contribution in [0, 0.1) is 11.8 Å². The summed E-state index contributed by atoms with van der Waals surface area (Å²) >= 11 is 0. The first-order chi connectivity index (χ1) is 23.4. The molecule has 3 aliphatic rings. The Morgan fingerprint density at radius 1 is 1.12 bits per heavy atom. The summed E-state index contributed by atoms with van der Waals surface area (Å²) in [6, 6.07) is 7.44. The summed E-state index contributed by atoms with van der Waals surface area (Å²) in [4.78, 5) is 59.7. The third-order valence-electron chi connectivity index (χ3n) is 9.34. The highest BCUT2D eigenvalue weighted by Gasteiger charge is 2.56. The van der Waals surface area contributed by atoms with Gasteiger partial charge in [0.2, 0.25) is 11.9 Å². The number of nitrogens with one attached hydrogen (secondary N) is 1. The number of anilines is 1. The molecule has 1 amide bonds. The van der Waals surface area contributed by atoms with Crippen LogP contribution >= 0.6 is 7.82 Å². The van der Waals surface area contributed by atoms with Gasteiger partial charge in [-0.15, -0.1) is 0 Å². The van der Waals surface area contributed by atoms with Gasteiger partial charge >= 0.3 is 13.8 Å². The number of H-pyrrole nitrogens is 1. The second-order valence-electron chi connectivity index (χ2n) is 12.4. The maximum absolute atomic E-state index is 13.1. The summed E-state index contributed by atoms with van der Waals surface area (Å²) < 4.78 is 42.2. The molecule has 0 spiro atoms. The van der Waals surface area contributed by atoms with Crippen LogP contribution in [0.2, 0.25) is 0 Å². The summed E-state index contributed by atoms with van der Waals surface area (Å²) in [5.41, 5.74) is 6.96. The lowest BCUT2D eigenvalue weighted by Gasteiger charge is -2.28. The minimum absolute atomic E-state index is 0.0128. The predicted molar refractivity (Wildman–Crippen MR) is 169 cm³/mol. The summed E-state index contributed by atoms with van der Waals surface area (Å²) in [6.45, 7) is -0.355. The van der Waals surface area contributed by atoms with Crippen LogP contribution in [0.15, 0.2) is 35.4 Å². The van der Waals surface area contributed by atoms with Gasteiger partial charge in [0.1, 0.15) is 18.3 Å². The van der Waals surface area contributed by atoms with Gasteiger partial charge in [-0.2, -0.15) is 4.98 Å². The number of nitrogens with zero attached hydrogens (tertiary/aromatic N) is 4. The Kier molecular flexibility index (Phi) is 10.2. The number of phosphoric ester groups is 1. The molecular weight excluding hydrogens is 667 g/mol. The zero-order valence-electron chi connectivity index (χ0n) is 26.8. The fourth-order valence-corrected chi connectivity index (χ4v) is 7.83. The van der Waals surface area contributed by atoms with Gasteiger partial charge in [-0.05, 0) is 36.8 Å². The van der Waals surface area contributed by atoms with E-state index in [4.69, 9.17) is 29.0 Å². The molecule has 1 aromatic carbocycles. The molecule has 266 valence electrons. The molecule has 3 aliphatic heterocycles. The Hall–Kier alpha value is -3.74. The molecule has 0 radical (unpaired) electrons. The lowest BCUT2D eigenvalue weighted by atomic mass is 9.78. The molecule has 6 N–H and O–H groups in total. The van der Waals surface area contributed by atoms with Gasteiger partial charge in [-0.25, -0.2) is 9.55 Å². The minimum Gasteiger partial charge on any atom is -0.481 e. The number of imidazole rings is 1. The second-order valence-corrected chi connectivity index (χ2v) is 13.8. The monoisotopic (exact) mass is 706 g/mol. The Balaban J connectivity index is 1.01. The van der Waals surface area contributed by atoms with Crippen LogP contribution in [0.3, 0.4) is 0 Å². The number of amides is 1. The number of ether oxygens (including phenoxy) is 3. The van der Waals surface area contributed by atoms with Gasteiger partial charge in [0.15, 0.2) is 17.4 Å². The van der Waals surface area contributed by atoms with Gasteiger partial charge in [-0.3, -0.25) is 33.0 Å². The molecule has 5 heterocycles. The molecule has 0 aliphatic carbocycles. The van der Waals surface area contributed by atoms with Crippen molar-refractivity contribution in [1.29, 1.82) is 0 Å². The van der Waals surface area contributed by atoms with E-state index in [1.807, 2.05) is 24.3 Å². The third-order valence-corrected chi connectivity index (χ3v) is 10.4. The third kappa shape index (κ3) is 7.13. The number of methoxy groups -OCH3 is 1. The van der Waals surface area contributed by atoms with Crippen LogP contribution in [0.5, 0.6) is 0 Å². The highest BCUT2D eigenvalue weighted by molar-refractivity contribution is 7.47. The predicted octanol–water partition coefficient (Wildman–Crippen LogP) is 0.231. The standard InChI is InChI=1S/C30H39N6O12P/c1-35(27(39)20-17-7-8-18(46-17)21(20)29(40)41)11-9-15-3-5-16(6-4-15)10-12-45-49(42,43)48-23-19(13-37)47-28(24(23)44-2)36-14-32-22-25(36)33-30(31)34-26(22)38/h3-6,14,17-21,23-24,28,37H,7-13H2,1-2H3,(H,40,41)(H,42,43)(H3,31,33,34,38)/t17-,18+,19-,20-,21+,23-,24-,28-/m1/s1. The second kappa shape index (κ2) is 14.2. The van der Waals surface area contributed by atoms with Crippen molar-refractivity contribution in [2.45, 2.75) is 62.4 Å². The molecule has 18 nitrogen and oxygen atoms in total. The molecule has 1 unspecified atom stereocenters. The number of hydrogen-bond donors (Lipinski definition) is 5. The molecular formula is C30H39N6O12P. The van der Waals surface area contributed by atoms with E-state index in [1.54, 1.807) is 11.9 Å². The topological polar surface area (TPSA) is 251 Å². The number of benzene rings is 1. The first kappa shape index (κ1) is 35.1. The van der Waals surface area contributed by atoms with Crippen molar-refractivity contribution in [3.63, 3.8) is 0 Å². The fraction of sp³-hybridized carbons (Fsp3) is 0.567. The van der Waals surface area contributed by atoms with E-state index in [2.05, 4.69) is 15.0 Å². The SMILES string of the molecule is CO[C@@H]1[C@H](OP(=O)(O)OCCc2ccc(CCN(C)C(=O)[C@H]3[C@@H](C(=O)O)[C@@H]4CC[C@H]3O4)cc2)[C@@H](CO)O[C@H]1n1cnc2c(=O)[nH]c(N)nc21. The van der Waals surface area contributed by atoms with Gasteiger partial charge in [0.05, 0.1) is 43.6 Å². The molecule has 6 rings (SSSR count). The van der Waals surface area contributed by atoms with Crippen LogP contribution in [-0.2, 0) is 50.3 Å². The number of nitrogen functional groups attached to an aromatic ring is 1. The largest absolute Gasteiger partial charge is 0.481 e. The van der Waals surface area contributed by atoms with Gasteiger partial charge < -0.3 is 40.0 Å². The number of hydrogen-bond acceptors (Lipinski definition) is 13. The number of carbonyl (C=O) groups is 2. The van der Waals surface area contributed by atoms with Crippen LogP contribution in [0.25, 0.3) is 11.2 Å².